The maximum atomic E-state index is 12.3. The number of amides is 2. The lowest BCUT2D eigenvalue weighted by Crippen LogP contribution is -2.48. The number of hydrogen-bond donors (Lipinski definition) is 1. The molecule has 1 heterocycles. The van der Waals surface area contributed by atoms with Gasteiger partial charge in [-0.15, -0.1) is 0 Å². The molecule has 1 aliphatic heterocycles. The van der Waals surface area contributed by atoms with Crippen LogP contribution in [0.4, 0.5) is 10.5 Å². The van der Waals surface area contributed by atoms with Crippen LogP contribution in [0.25, 0.3) is 0 Å². The first-order chi connectivity index (χ1) is 9.97. The summed E-state index contributed by atoms with van der Waals surface area (Å²) in [4.78, 5) is 27.7. The molecule has 5 heteroatoms. The molecule has 1 aliphatic rings. The normalized spacial score (nSPS) is 19.1. The first-order valence-corrected chi connectivity index (χ1v) is 7.30. The minimum absolute atomic E-state index is 0.00615. The Balaban J connectivity index is 2.00. The molecule has 0 aliphatic carbocycles. The van der Waals surface area contributed by atoms with Crippen LogP contribution in [0.15, 0.2) is 24.3 Å². The Bertz CT molecular complexity index is 530. The molecule has 1 saturated heterocycles. The van der Waals surface area contributed by atoms with E-state index in [1.165, 1.54) is 6.92 Å². The van der Waals surface area contributed by atoms with Crippen molar-refractivity contribution < 1.29 is 9.59 Å². The van der Waals surface area contributed by atoms with Crippen LogP contribution in [0.2, 0.25) is 0 Å². The number of carbonyl (C=O) groups excluding carboxylic acids is 2. The molecule has 1 N–H and O–H groups in total. The molecule has 5 nitrogen and oxygen atoms in total. The van der Waals surface area contributed by atoms with Crippen molar-refractivity contribution in [2.75, 3.05) is 32.5 Å². The van der Waals surface area contributed by atoms with Crippen LogP contribution in [0.3, 0.4) is 0 Å². The van der Waals surface area contributed by atoms with Crippen LogP contribution in [-0.4, -0.2) is 54.8 Å². The van der Waals surface area contributed by atoms with E-state index in [0.717, 1.165) is 25.9 Å². The van der Waals surface area contributed by atoms with Gasteiger partial charge in [-0.1, -0.05) is 12.1 Å². The Labute approximate surface area is 125 Å². The molecule has 0 spiro atoms. The second kappa shape index (κ2) is 6.72. The molecule has 1 aromatic carbocycles. The highest BCUT2D eigenvalue weighted by Gasteiger charge is 2.24. The molecule has 2 amide bonds. The van der Waals surface area contributed by atoms with Crippen molar-refractivity contribution in [3.63, 3.8) is 0 Å². The summed E-state index contributed by atoms with van der Waals surface area (Å²) in [7, 11) is 3.90. The summed E-state index contributed by atoms with van der Waals surface area (Å²) in [5.74, 6) is -0.00615. The molecule has 0 radical (unpaired) electrons. The van der Waals surface area contributed by atoms with E-state index in [1.54, 1.807) is 29.2 Å². The van der Waals surface area contributed by atoms with Crippen LogP contribution < -0.4 is 5.32 Å². The minimum atomic E-state index is -0.129. The summed E-state index contributed by atoms with van der Waals surface area (Å²) in [5, 5.41) is 2.87. The molecule has 2 rings (SSSR count). The number of benzene rings is 1. The number of anilines is 1. The van der Waals surface area contributed by atoms with E-state index >= 15 is 0 Å². The van der Waals surface area contributed by atoms with E-state index in [9.17, 15) is 9.59 Å². The molecule has 114 valence electrons. The maximum absolute atomic E-state index is 12.3. The number of Topliss-reactive ketones (excluding diaryl/α,β-unsaturated/α-hetero) is 1. The van der Waals surface area contributed by atoms with Gasteiger partial charge in [0.05, 0.1) is 0 Å². The zero-order valence-corrected chi connectivity index (χ0v) is 12.9. The lowest BCUT2D eigenvalue weighted by Gasteiger charge is -2.35. The average molecular weight is 289 g/mol. The van der Waals surface area contributed by atoms with Gasteiger partial charge in [-0.2, -0.15) is 0 Å². The SMILES string of the molecule is CC(=O)c1cccc(NC(=O)N(C)C2CCCN(C)C2)c1. The van der Waals surface area contributed by atoms with Crippen molar-refractivity contribution in [2.45, 2.75) is 25.8 Å². The summed E-state index contributed by atoms with van der Waals surface area (Å²) < 4.78 is 0. The molecular formula is C16H23N3O2. The van der Waals surface area contributed by atoms with Crippen LogP contribution in [0.1, 0.15) is 30.1 Å². The smallest absolute Gasteiger partial charge is 0.321 e. The first-order valence-electron chi connectivity index (χ1n) is 7.30. The van der Waals surface area contributed by atoms with E-state index in [4.69, 9.17) is 0 Å². The molecule has 1 aromatic rings. The van der Waals surface area contributed by atoms with E-state index < -0.39 is 0 Å². The number of piperidine rings is 1. The van der Waals surface area contributed by atoms with Crippen LogP contribution in [-0.2, 0) is 0 Å². The zero-order valence-electron chi connectivity index (χ0n) is 12.9. The van der Waals surface area contributed by atoms with Gasteiger partial charge in [-0.05, 0) is 45.5 Å². The third kappa shape index (κ3) is 4.04. The Kier molecular flexibility index (Phi) is 4.96. The average Bonchev–Trinajstić information content (AvgIpc) is 2.46. The Morgan fingerprint density at radius 1 is 1.38 bits per heavy atom. The number of hydrogen-bond acceptors (Lipinski definition) is 3. The molecule has 0 saturated carbocycles. The predicted molar refractivity (Wildman–Crippen MR) is 83.7 cm³/mol. The van der Waals surface area contributed by atoms with Crippen molar-refractivity contribution in [2.24, 2.45) is 0 Å². The highest BCUT2D eigenvalue weighted by molar-refractivity contribution is 5.96. The van der Waals surface area contributed by atoms with Gasteiger partial charge in [0.1, 0.15) is 0 Å². The van der Waals surface area contributed by atoms with E-state index in [-0.39, 0.29) is 17.9 Å². The van der Waals surface area contributed by atoms with E-state index in [1.807, 2.05) is 7.05 Å². The molecule has 0 bridgehead atoms. The fourth-order valence-electron chi connectivity index (χ4n) is 2.65. The molecule has 21 heavy (non-hydrogen) atoms. The van der Waals surface area contributed by atoms with Crippen LogP contribution >= 0.6 is 0 Å². The highest BCUT2D eigenvalue weighted by Crippen LogP contribution is 2.16. The number of ketones is 1. The molecule has 1 atom stereocenters. The summed E-state index contributed by atoms with van der Waals surface area (Å²) >= 11 is 0. The molecular weight excluding hydrogens is 266 g/mol. The lowest BCUT2D eigenvalue weighted by molar-refractivity contribution is 0.101. The van der Waals surface area contributed by atoms with Crippen LogP contribution in [0.5, 0.6) is 0 Å². The third-order valence-electron chi connectivity index (χ3n) is 3.99. The maximum Gasteiger partial charge on any atom is 0.321 e. The van der Waals surface area contributed by atoms with Crippen LogP contribution in [0, 0.1) is 0 Å². The monoisotopic (exact) mass is 289 g/mol. The standard InChI is InChI=1S/C16H23N3O2/c1-12(20)13-6-4-7-14(10-13)17-16(21)19(3)15-8-5-9-18(2)11-15/h4,6-7,10,15H,5,8-9,11H2,1-3H3,(H,17,21). The highest BCUT2D eigenvalue weighted by atomic mass is 16.2. The van der Waals surface area contributed by atoms with Gasteiger partial charge in [-0.3, -0.25) is 4.79 Å². The lowest BCUT2D eigenvalue weighted by atomic mass is 10.1. The van der Waals surface area contributed by atoms with Gasteiger partial charge >= 0.3 is 6.03 Å². The summed E-state index contributed by atoms with van der Waals surface area (Å²) in [6.45, 7) is 3.51. The molecule has 1 fully saturated rings. The van der Waals surface area contributed by atoms with Crippen molar-refractivity contribution in [1.29, 1.82) is 0 Å². The van der Waals surface area contributed by atoms with Gasteiger partial charge < -0.3 is 15.1 Å². The van der Waals surface area contributed by atoms with E-state index in [2.05, 4.69) is 17.3 Å². The number of likely N-dealkylation sites (N-methyl/N-ethyl adjacent to an activating group) is 2. The number of urea groups is 1. The summed E-state index contributed by atoms with van der Waals surface area (Å²) in [6.07, 6.45) is 2.14. The van der Waals surface area contributed by atoms with Crippen molar-refractivity contribution in [3.8, 4) is 0 Å². The first kappa shape index (κ1) is 15.5. The predicted octanol–water partition coefficient (Wildman–Crippen LogP) is 2.45. The Morgan fingerprint density at radius 2 is 2.14 bits per heavy atom. The fourth-order valence-corrected chi connectivity index (χ4v) is 2.65. The molecule has 1 unspecified atom stereocenters. The quantitative estimate of drug-likeness (QED) is 0.870. The number of likely N-dealkylation sites (tertiary alicyclic amines) is 1. The Hall–Kier alpha value is -1.88. The number of carbonyl (C=O) groups is 2. The van der Waals surface area contributed by atoms with Crippen molar-refractivity contribution >= 4 is 17.5 Å². The number of nitrogens with zero attached hydrogens (tertiary/aromatic N) is 2. The summed E-state index contributed by atoms with van der Waals surface area (Å²) in [5.41, 5.74) is 1.26. The van der Waals surface area contributed by atoms with Gasteiger partial charge in [0, 0.05) is 30.9 Å². The third-order valence-corrected chi connectivity index (χ3v) is 3.99. The summed E-state index contributed by atoms with van der Waals surface area (Å²) in [6, 6.07) is 7.14. The number of rotatable bonds is 3. The number of nitrogens with one attached hydrogen (secondary N) is 1. The topological polar surface area (TPSA) is 52.7 Å². The van der Waals surface area contributed by atoms with Gasteiger partial charge in [0.2, 0.25) is 0 Å². The zero-order chi connectivity index (χ0) is 15.4. The largest absolute Gasteiger partial charge is 0.323 e. The minimum Gasteiger partial charge on any atom is -0.323 e. The van der Waals surface area contributed by atoms with Crippen molar-refractivity contribution in [3.05, 3.63) is 29.8 Å². The fraction of sp³-hybridized carbons (Fsp3) is 0.500. The Morgan fingerprint density at radius 3 is 2.81 bits per heavy atom. The van der Waals surface area contributed by atoms with Gasteiger partial charge in [-0.25, -0.2) is 4.79 Å². The second-order valence-corrected chi connectivity index (χ2v) is 5.74. The van der Waals surface area contributed by atoms with Gasteiger partial charge in [0.15, 0.2) is 5.78 Å². The van der Waals surface area contributed by atoms with Gasteiger partial charge in [0.25, 0.3) is 0 Å². The second-order valence-electron chi connectivity index (χ2n) is 5.74. The van der Waals surface area contributed by atoms with E-state index in [0.29, 0.717) is 11.3 Å². The molecule has 0 aromatic heterocycles. The van der Waals surface area contributed by atoms with Crippen molar-refractivity contribution in [1.82, 2.24) is 9.80 Å².